The molecule has 1 aliphatic rings. The average Bonchev–Trinajstić information content (AvgIpc) is 2.68. The predicted molar refractivity (Wildman–Crippen MR) is 102 cm³/mol. The largest absolute Gasteiger partial charge is 0.344 e. The topological polar surface area (TPSA) is 70.6 Å². The molecule has 0 aliphatic carbocycles. The van der Waals surface area contributed by atoms with Crippen LogP contribution in [0.2, 0.25) is 0 Å². The van der Waals surface area contributed by atoms with Gasteiger partial charge in [-0.3, -0.25) is 0 Å². The molecule has 2 amide bonds. The number of urea groups is 1. The molecule has 7 heteroatoms. The Labute approximate surface area is 157 Å². The number of hydrogen-bond donors (Lipinski definition) is 0. The van der Waals surface area contributed by atoms with Crippen molar-refractivity contribution in [2.24, 2.45) is 0 Å². The Morgan fingerprint density at radius 3 is 2.33 bits per heavy atom. The van der Waals surface area contributed by atoms with Crippen LogP contribution >= 0.6 is 0 Å². The van der Waals surface area contributed by atoms with Crippen LogP contribution in [0.1, 0.15) is 11.1 Å². The van der Waals surface area contributed by atoms with Gasteiger partial charge in [-0.25, -0.2) is 27.4 Å². The molecule has 136 valence electrons. The zero-order valence-corrected chi connectivity index (χ0v) is 15.4. The predicted octanol–water partition coefficient (Wildman–Crippen LogP) is 3.85. The zero-order valence-electron chi connectivity index (χ0n) is 14.6. The third-order valence-electron chi connectivity index (χ3n) is 4.40. The molecule has 4 rings (SSSR count). The SMILES string of the molecule is Cc1ccc(N2C(=O)N(Cc3ccccc3)S(=O)(=O)c3cccnc32)cc1. The van der Waals surface area contributed by atoms with Gasteiger partial charge in [0.05, 0.1) is 12.2 Å². The highest BCUT2D eigenvalue weighted by molar-refractivity contribution is 7.90. The Hall–Kier alpha value is -3.19. The summed E-state index contributed by atoms with van der Waals surface area (Å²) >= 11 is 0. The van der Waals surface area contributed by atoms with Crippen molar-refractivity contribution in [3.05, 3.63) is 84.1 Å². The normalized spacial score (nSPS) is 15.5. The van der Waals surface area contributed by atoms with Gasteiger partial charge in [0, 0.05) is 6.20 Å². The minimum atomic E-state index is -4.00. The van der Waals surface area contributed by atoms with E-state index in [1.165, 1.54) is 17.2 Å². The second-order valence-electron chi connectivity index (χ2n) is 6.28. The van der Waals surface area contributed by atoms with E-state index in [0.717, 1.165) is 15.4 Å². The summed E-state index contributed by atoms with van der Waals surface area (Å²) < 4.78 is 27.1. The molecule has 0 atom stereocenters. The minimum absolute atomic E-state index is 0.0149. The molecule has 0 saturated heterocycles. The maximum atomic E-state index is 13.2. The molecule has 0 bridgehead atoms. The molecule has 0 saturated carbocycles. The molecular weight excluding hydrogens is 362 g/mol. The molecule has 3 aromatic rings. The summed E-state index contributed by atoms with van der Waals surface area (Å²) in [5.41, 5.74) is 2.34. The van der Waals surface area contributed by atoms with Crippen LogP contribution in [0.3, 0.4) is 0 Å². The molecule has 2 heterocycles. The van der Waals surface area contributed by atoms with E-state index in [1.54, 1.807) is 30.3 Å². The molecule has 6 nitrogen and oxygen atoms in total. The fourth-order valence-corrected chi connectivity index (χ4v) is 4.47. The lowest BCUT2D eigenvalue weighted by atomic mass is 10.2. The third kappa shape index (κ3) is 2.96. The fourth-order valence-electron chi connectivity index (χ4n) is 3.00. The molecule has 0 unspecified atom stereocenters. The lowest BCUT2D eigenvalue weighted by Crippen LogP contribution is -2.48. The first-order valence-corrected chi connectivity index (χ1v) is 9.85. The first-order valence-electron chi connectivity index (χ1n) is 8.41. The molecule has 2 aromatic carbocycles. The van der Waals surface area contributed by atoms with Crippen molar-refractivity contribution in [2.75, 3.05) is 4.90 Å². The molecule has 0 spiro atoms. The second kappa shape index (κ2) is 6.51. The first kappa shape index (κ1) is 17.2. The van der Waals surface area contributed by atoms with Crippen molar-refractivity contribution in [1.29, 1.82) is 0 Å². The number of fused-ring (bicyclic) bond motifs is 1. The first-order chi connectivity index (χ1) is 13.0. The van der Waals surface area contributed by atoms with Crippen molar-refractivity contribution in [2.45, 2.75) is 18.4 Å². The maximum absolute atomic E-state index is 13.2. The van der Waals surface area contributed by atoms with Gasteiger partial charge in [-0.15, -0.1) is 0 Å². The van der Waals surface area contributed by atoms with Gasteiger partial charge in [0.25, 0.3) is 10.0 Å². The van der Waals surface area contributed by atoms with Crippen LogP contribution in [0.25, 0.3) is 0 Å². The summed E-state index contributed by atoms with van der Waals surface area (Å²) in [7, 11) is -4.00. The highest BCUT2D eigenvalue weighted by Crippen LogP contribution is 2.38. The summed E-state index contributed by atoms with van der Waals surface area (Å²) in [5, 5.41) is 0. The van der Waals surface area contributed by atoms with Crippen molar-refractivity contribution >= 4 is 27.6 Å². The van der Waals surface area contributed by atoms with Gasteiger partial charge in [-0.1, -0.05) is 48.0 Å². The van der Waals surface area contributed by atoms with Gasteiger partial charge in [0.15, 0.2) is 5.82 Å². The van der Waals surface area contributed by atoms with Crippen molar-refractivity contribution in [3.8, 4) is 0 Å². The second-order valence-corrected chi connectivity index (χ2v) is 8.11. The van der Waals surface area contributed by atoms with Gasteiger partial charge in [-0.05, 0) is 36.8 Å². The quantitative estimate of drug-likeness (QED) is 0.693. The number of benzene rings is 2. The number of nitrogens with zero attached hydrogens (tertiary/aromatic N) is 3. The number of aromatic nitrogens is 1. The highest BCUT2D eigenvalue weighted by Gasteiger charge is 2.43. The number of rotatable bonds is 3. The van der Waals surface area contributed by atoms with Crippen LogP contribution in [-0.2, 0) is 16.6 Å². The Bertz CT molecular complexity index is 1100. The Morgan fingerprint density at radius 2 is 1.63 bits per heavy atom. The average molecular weight is 379 g/mol. The number of anilines is 2. The standard InChI is InChI=1S/C20H17N3O3S/c1-15-9-11-17(12-10-15)23-19-18(8-5-13-21-19)27(25,26)22(20(23)24)14-16-6-3-2-4-7-16/h2-13H,14H2,1H3. The number of pyridine rings is 1. The van der Waals surface area contributed by atoms with Crippen LogP contribution in [0.15, 0.2) is 77.8 Å². The lowest BCUT2D eigenvalue weighted by molar-refractivity contribution is 0.229. The zero-order chi connectivity index (χ0) is 19.0. The van der Waals surface area contributed by atoms with Gasteiger partial charge < -0.3 is 0 Å². The van der Waals surface area contributed by atoms with Gasteiger partial charge >= 0.3 is 6.03 Å². The molecule has 0 radical (unpaired) electrons. The number of carbonyl (C=O) groups excluding carboxylic acids is 1. The van der Waals surface area contributed by atoms with Crippen LogP contribution in [0.5, 0.6) is 0 Å². The molecule has 0 N–H and O–H groups in total. The van der Waals surface area contributed by atoms with Gasteiger partial charge in [-0.2, -0.15) is 0 Å². The van der Waals surface area contributed by atoms with E-state index in [1.807, 2.05) is 37.3 Å². The van der Waals surface area contributed by atoms with Gasteiger partial charge in [0.1, 0.15) is 4.90 Å². The molecule has 1 aromatic heterocycles. The molecule has 27 heavy (non-hydrogen) atoms. The summed E-state index contributed by atoms with van der Waals surface area (Å²) in [6.07, 6.45) is 1.48. The van der Waals surface area contributed by atoms with E-state index in [4.69, 9.17) is 0 Å². The van der Waals surface area contributed by atoms with Crippen LogP contribution in [0.4, 0.5) is 16.3 Å². The highest BCUT2D eigenvalue weighted by atomic mass is 32.2. The number of hydrogen-bond acceptors (Lipinski definition) is 4. The number of sulfonamides is 1. The number of aryl methyl sites for hydroxylation is 1. The fraction of sp³-hybridized carbons (Fsp3) is 0.100. The van der Waals surface area contributed by atoms with Crippen molar-refractivity contribution in [1.82, 2.24) is 9.29 Å². The van der Waals surface area contributed by atoms with E-state index in [2.05, 4.69) is 4.98 Å². The van der Waals surface area contributed by atoms with E-state index >= 15 is 0 Å². The van der Waals surface area contributed by atoms with E-state index < -0.39 is 16.1 Å². The third-order valence-corrected chi connectivity index (χ3v) is 6.14. The monoisotopic (exact) mass is 379 g/mol. The minimum Gasteiger partial charge on any atom is -0.246 e. The van der Waals surface area contributed by atoms with E-state index in [-0.39, 0.29) is 17.3 Å². The lowest BCUT2D eigenvalue weighted by Gasteiger charge is -2.35. The van der Waals surface area contributed by atoms with Crippen LogP contribution in [-0.4, -0.2) is 23.7 Å². The van der Waals surface area contributed by atoms with Crippen LogP contribution in [0, 0.1) is 6.92 Å². The van der Waals surface area contributed by atoms with E-state index in [0.29, 0.717) is 5.69 Å². The summed E-state index contributed by atoms with van der Waals surface area (Å²) in [6, 6.07) is 18.7. The summed E-state index contributed by atoms with van der Waals surface area (Å²) in [4.78, 5) is 18.8. The number of carbonyl (C=O) groups is 1. The maximum Gasteiger partial charge on any atom is 0.344 e. The van der Waals surface area contributed by atoms with Crippen molar-refractivity contribution < 1.29 is 13.2 Å². The summed E-state index contributed by atoms with van der Waals surface area (Å²) in [5.74, 6) is 0.121. The molecule has 1 aliphatic heterocycles. The number of amides is 2. The Balaban J connectivity index is 1.87. The molecule has 0 fully saturated rings. The Morgan fingerprint density at radius 1 is 0.926 bits per heavy atom. The summed E-state index contributed by atoms with van der Waals surface area (Å²) in [6.45, 7) is 1.90. The Kier molecular flexibility index (Phi) is 4.16. The smallest absolute Gasteiger partial charge is 0.246 e. The molecular formula is C20H17N3O3S. The van der Waals surface area contributed by atoms with Gasteiger partial charge in [0.2, 0.25) is 0 Å². The van der Waals surface area contributed by atoms with E-state index in [9.17, 15) is 13.2 Å². The van der Waals surface area contributed by atoms with Crippen LogP contribution < -0.4 is 4.90 Å². The van der Waals surface area contributed by atoms with Crippen molar-refractivity contribution in [3.63, 3.8) is 0 Å².